The lowest BCUT2D eigenvalue weighted by Gasteiger charge is -2.37. The van der Waals surface area contributed by atoms with Gasteiger partial charge in [-0.05, 0) is 32.6 Å². The molecule has 1 aliphatic carbocycles. The molecule has 118 valence electrons. The Kier molecular flexibility index (Phi) is 7.53. The number of hydrogen-bond donors (Lipinski definition) is 3. The first-order chi connectivity index (χ1) is 9.11. The molecule has 3 N–H and O–H groups in total. The molecule has 2 rings (SSSR count). The van der Waals surface area contributed by atoms with Crippen LogP contribution in [0.4, 0.5) is 0 Å². The Morgan fingerprint density at radius 2 is 1.95 bits per heavy atom. The summed E-state index contributed by atoms with van der Waals surface area (Å²) >= 11 is 0. The molecule has 0 spiro atoms. The van der Waals surface area contributed by atoms with Gasteiger partial charge in [-0.25, -0.2) is 0 Å². The van der Waals surface area contributed by atoms with Gasteiger partial charge in [-0.15, -0.1) is 24.0 Å². The molecule has 0 aromatic rings. The lowest BCUT2D eigenvalue weighted by Crippen LogP contribution is -2.47. The van der Waals surface area contributed by atoms with Crippen molar-refractivity contribution in [1.82, 2.24) is 10.6 Å². The fraction of sp³-hybridized carbons (Fsp3) is 0.929. The van der Waals surface area contributed by atoms with Gasteiger partial charge < -0.3 is 20.5 Å². The van der Waals surface area contributed by atoms with E-state index >= 15 is 0 Å². The number of aliphatic hydroxyl groups is 1. The van der Waals surface area contributed by atoms with Gasteiger partial charge in [-0.2, -0.15) is 0 Å². The maximum atomic E-state index is 9.53. The van der Waals surface area contributed by atoms with Crippen LogP contribution in [0.5, 0.6) is 0 Å². The minimum Gasteiger partial charge on any atom is -0.393 e. The van der Waals surface area contributed by atoms with Crippen LogP contribution in [0.25, 0.3) is 0 Å². The van der Waals surface area contributed by atoms with Crippen molar-refractivity contribution < 1.29 is 9.84 Å². The predicted molar refractivity (Wildman–Crippen MR) is 91.7 cm³/mol. The molecule has 2 fully saturated rings. The molecule has 1 heterocycles. The van der Waals surface area contributed by atoms with E-state index in [4.69, 9.17) is 4.74 Å². The summed E-state index contributed by atoms with van der Waals surface area (Å²) in [6.07, 6.45) is 3.71. The normalized spacial score (nSPS) is 29.1. The first-order valence-corrected chi connectivity index (χ1v) is 7.42. The summed E-state index contributed by atoms with van der Waals surface area (Å²) in [7, 11) is 0. The first kappa shape index (κ1) is 18.0. The van der Waals surface area contributed by atoms with Gasteiger partial charge in [0, 0.05) is 18.0 Å². The molecule has 0 bridgehead atoms. The maximum absolute atomic E-state index is 9.53. The van der Waals surface area contributed by atoms with E-state index in [1.807, 2.05) is 0 Å². The predicted octanol–water partition coefficient (Wildman–Crippen LogP) is 1.50. The van der Waals surface area contributed by atoms with Crippen molar-refractivity contribution in [3.8, 4) is 0 Å². The Morgan fingerprint density at radius 1 is 1.30 bits per heavy atom. The Hall–Kier alpha value is -0.0800. The number of nitrogens with zero attached hydrogens (tertiary/aromatic N) is 1. The zero-order valence-corrected chi connectivity index (χ0v) is 14.9. The Balaban J connectivity index is 0.00000200. The molecule has 0 aromatic heterocycles. The average molecular weight is 397 g/mol. The second kappa shape index (κ2) is 8.38. The third kappa shape index (κ3) is 5.37. The Labute approximate surface area is 139 Å². The van der Waals surface area contributed by atoms with E-state index in [2.05, 4.69) is 29.5 Å². The van der Waals surface area contributed by atoms with Gasteiger partial charge in [0.25, 0.3) is 0 Å². The summed E-state index contributed by atoms with van der Waals surface area (Å²) in [6, 6.07) is 0.437. The molecule has 2 aliphatic rings. The third-order valence-electron chi connectivity index (χ3n) is 3.90. The zero-order chi connectivity index (χ0) is 13.7. The van der Waals surface area contributed by atoms with Crippen LogP contribution in [0.2, 0.25) is 0 Å². The van der Waals surface area contributed by atoms with E-state index in [1.54, 1.807) is 0 Å². The minimum atomic E-state index is -0.108. The number of halogens is 1. The molecule has 1 aliphatic heterocycles. The zero-order valence-electron chi connectivity index (χ0n) is 12.5. The molecule has 5 nitrogen and oxygen atoms in total. The van der Waals surface area contributed by atoms with E-state index < -0.39 is 0 Å². The number of guanidine groups is 1. The number of ether oxygens (including phenoxy) is 1. The third-order valence-corrected chi connectivity index (χ3v) is 3.90. The van der Waals surface area contributed by atoms with E-state index in [1.165, 1.54) is 0 Å². The van der Waals surface area contributed by atoms with Gasteiger partial charge in [0.05, 0.1) is 25.9 Å². The van der Waals surface area contributed by atoms with Gasteiger partial charge >= 0.3 is 0 Å². The second-order valence-corrected chi connectivity index (χ2v) is 6.15. The monoisotopic (exact) mass is 397 g/mol. The maximum Gasteiger partial charge on any atom is 0.191 e. The molecular weight excluding hydrogens is 369 g/mol. The quantitative estimate of drug-likeness (QED) is 0.382. The number of aliphatic hydroxyl groups excluding tert-OH is 1. The molecular formula is C14H28IN3O2. The van der Waals surface area contributed by atoms with Crippen LogP contribution in [0.3, 0.4) is 0 Å². The standard InChI is InChI=1S/C14H27N3O2.HI/c1-3-15-13(16-8-14(2)9-19-10-14)17-11-4-6-12(18)7-5-11;/h11-12,18H,3-10H2,1-2H3,(H2,15,16,17);1H. The molecule has 0 unspecified atom stereocenters. The van der Waals surface area contributed by atoms with Gasteiger partial charge in [-0.1, -0.05) is 6.92 Å². The second-order valence-electron chi connectivity index (χ2n) is 6.15. The Bertz CT molecular complexity index is 314. The fourth-order valence-electron chi connectivity index (χ4n) is 2.55. The highest BCUT2D eigenvalue weighted by atomic mass is 127. The van der Waals surface area contributed by atoms with E-state index in [0.717, 1.165) is 57.9 Å². The van der Waals surface area contributed by atoms with Gasteiger partial charge in [0.15, 0.2) is 5.96 Å². The smallest absolute Gasteiger partial charge is 0.191 e. The largest absolute Gasteiger partial charge is 0.393 e. The van der Waals surface area contributed by atoms with Crippen LogP contribution < -0.4 is 10.6 Å². The van der Waals surface area contributed by atoms with Gasteiger partial charge in [0.2, 0.25) is 0 Å². The molecule has 1 saturated heterocycles. The van der Waals surface area contributed by atoms with E-state index in [0.29, 0.717) is 6.04 Å². The molecule has 20 heavy (non-hydrogen) atoms. The minimum absolute atomic E-state index is 0. The van der Waals surface area contributed by atoms with Gasteiger partial charge in [0.1, 0.15) is 0 Å². The molecule has 0 amide bonds. The van der Waals surface area contributed by atoms with Crippen molar-refractivity contribution in [1.29, 1.82) is 0 Å². The van der Waals surface area contributed by atoms with Crippen LogP contribution in [-0.2, 0) is 4.74 Å². The van der Waals surface area contributed by atoms with E-state index in [-0.39, 0.29) is 35.5 Å². The molecule has 0 aromatic carbocycles. The number of nitrogens with one attached hydrogen (secondary N) is 2. The van der Waals surface area contributed by atoms with Crippen LogP contribution in [0, 0.1) is 5.41 Å². The highest BCUT2D eigenvalue weighted by molar-refractivity contribution is 14.0. The van der Waals surface area contributed by atoms with Crippen molar-refractivity contribution in [2.24, 2.45) is 10.4 Å². The van der Waals surface area contributed by atoms with Crippen LogP contribution in [0.15, 0.2) is 4.99 Å². The van der Waals surface area contributed by atoms with Gasteiger partial charge in [-0.3, -0.25) is 4.99 Å². The fourth-order valence-corrected chi connectivity index (χ4v) is 2.55. The van der Waals surface area contributed by atoms with Crippen molar-refractivity contribution in [2.45, 2.75) is 51.7 Å². The highest BCUT2D eigenvalue weighted by Gasteiger charge is 2.33. The summed E-state index contributed by atoms with van der Waals surface area (Å²) in [5.74, 6) is 0.900. The van der Waals surface area contributed by atoms with E-state index in [9.17, 15) is 5.11 Å². The van der Waals surface area contributed by atoms with Crippen molar-refractivity contribution in [3.63, 3.8) is 0 Å². The molecule has 1 saturated carbocycles. The lowest BCUT2D eigenvalue weighted by molar-refractivity contribution is -0.0945. The average Bonchev–Trinajstić information content (AvgIpc) is 2.37. The summed E-state index contributed by atoms with van der Waals surface area (Å²) in [5.41, 5.74) is 0.213. The van der Waals surface area contributed by atoms with Crippen molar-refractivity contribution >= 4 is 29.9 Å². The molecule has 0 atom stereocenters. The van der Waals surface area contributed by atoms with Crippen LogP contribution in [0.1, 0.15) is 39.5 Å². The summed E-state index contributed by atoms with van der Waals surface area (Å²) < 4.78 is 5.25. The van der Waals surface area contributed by atoms with Crippen molar-refractivity contribution in [3.05, 3.63) is 0 Å². The first-order valence-electron chi connectivity index (χ1n) is 7.42. The molecule has 6 heteroatoms. The lowest BCUT2D eigenvalue weighted by atomic mass is 9.89. The van der Waals surface area contributed by atoms with Crippen LogP contribution >= 0.6 is 24.0 Å². The molecule has 0 radical (unpaired) electrons. The van der Waals surface area contributed by atoms with Crippen molar-refractivity contribution in [2.75, 3.05) is 26.3 Å². The highest BCUT2D eigenvalue weighted by Crippen LogP contribution is 2.26. The Morgan fingerprint density at radius 3 is 2.45 bits per heavy atom. The summed E-state index contributed by atoms with van der Waals surface area (Å²) in [6.45, 7) is 7.58. The number of rotatable bonds is 4. The topological polar surface area (TPSA) is 65.9 Å². The summed E-state index contributed by atoms with van der Waals surface area (Å²) in [4.78, 5) is 4.67. The SMILES string of the molecule is CCNC(=NCC1(C)COC1)NC1CCC(O)CC1.I. The summed E-state index contributed by atoms with van der Waals surface area (Å²) in [5, 5.41) is 16.3. The number of aliphatic imine (C=N–C) groups is 1. The van der Waals surface area contributed by atoms with Crippen LogP contribution in [-0.4, -0.2) is 49.5 Å². The number of hydrogen-bond acceptors (Lipinski definition) is 3.